The number of nitrogens with zero attached hydrogens (tertiary/aromatic N) is 10. The van der Waals surface area contributed by atoms with Crippen molar-refractivity contribution in [2.75, 3.05) is 0 Å². The maximum absolute atomic E-state index is 5.17. The van der Waals surface area contributed by atoms with E-state index in [1.165, 1.54) is 5.56 Å². The van der Waals surface area contributed by atoms with Crippen LogP contribution in [0.15, 0.2) is 328 Å². The molecule has 10 nitrogen and oxygen atoms in total. The van der Waals surface area contributed by atoms with Crippen molar-refractivity contribution in [3.8, 4) is 101 Å². The average molecular weight is 1230 g/mol. The lowest BCUT2D eigenvalue weighted by atomic mass is 9.98. The summed E-state index contributed by atoms with van der Waals surface area (Å²) >= 11 is 0. The molecule has 19 aromatic rings. The first kappa shape index (κ1) is 55.6. The number of fused-ring (bicyclic) bond motifs is 12. The molecule has 0 radical (unpaired) electrons. The molecule has 8 heterocycles. The first-order valence-corrected chi connectivity index (χ1v) is 32.1. The predicted octanol–water partition coefficient (Wildman–Crippen LogP) is 21.0. The fourth-order valence-corrected chi connectivity index (χ4v) is 13.3. The Labute approximate surface area is 551 Å². The number of pyridine rings is 4. The lowest BCUT2D eigenvalue weighted by molar-refractivity contribution is 1.19. The van der Waals surface area contributed by atoms with Crippen molar-refractivity contribution in [3.05, 3.63) is 328 Å². The van der Waals surface area contributed by atoms with E-state index in [0.717, 1.165) is 167 Å². The molecular weight excluding hydrogens is 1170 g/mol. The van der Waals surface area contributed by atoms with E-state index >= 15 is 0 Å². The smallest absolute Gasteiger partial charge is 0.165 e. The second-order valence-electron chi connectivity index (χ2n) is 23.9. The van der Waals surface area contributed by atoms with Crippen molar-refractivity contribution >= 4 is 77.0 Å². The summed E-state index contributed by atoms with van der Waals surface area (Å²) in [6.07, 6.45) is 4.05. The van der Waals surface area contributed by atoms with Gasteiger partial charge in [0.15, 0.2) is 22.9 Å². The zero-order chi connectivity index (χ0) is 63.5. The highest BCUT2D eigenvalue weighted by atomic mass is 15.1. The van der Waals surface area contributed by atoms with Crippen molar-refractivity contribution in [2.45, 2.75) is 0 Å². The van der Waals surface area contributed by atoms with Gasteiger partial charge >= 0.3 is 0 Å². The molecule has 0 fully saturated rings. The SMILES string of the molecule is c1ccc(-c2cccc(-c3nc(-c4ccc(-c5ccc(-c6nc7c(nc8ccccn87)c7ccccc67)cc5)cc4)nc4ccccc34)c2)cc1.c1ccc(-c2nc(-c3ccc(-c4ccc(-c5nc6c(nc7ccccn76)c6ccccc56)cc4)cc3)nc3ccccc23)cc1. The molecular formula is C86H54N10. The number of hydrogen-bond donors (Lipinski definition) is 0. The molecule has 19 rings (SSSR count). The van der Waals surface area contributed by atoms with Crippen LogP contribution in [0.5, 0.6) is 0 Å². The molecule has 10 heteroatoms. The number of hydrogen-bond acceptors (Lipinski definition) is 8. The molecule has 0 aliphatic carbocycles. The van der Waals surface area contributed by atoms with Crippen molar-refractivity contribution in [2.24, 2.45) is 0 Å². The summed E-state index contributed by atoms with van der Waals surface area (Å²) in [6, 6.07) is 109. The fourth-order valence-electron chi connectivity index (χ4n) is 13.3. The Morgan fingerprint density at radius 1 is 0.188 bits per heavy atom. The van der Waals surface area contributed by atoms with Crippen LogP contribution in [0.25, 0.3) is 178 Å². The maximum atomic E-state index is 5.17. The minimum Gasteiger partial charge on any atom is -0.284 e. The standard InChI is InChI=1S/C46H29N5.C40H25N5/c1-2-11-30(12-3-1)35-13-10-14-36(29-35)43-39-17-6-7-18-40(39)47-45(49-43)34-26-22-32(23-27-34)31-20-24-33(25-21-31)42-37-15-4-5-16-38(37)44-46(50-42)51-28-9-8-19-41(51)48-44;1-2-10-28(11-3-1)37-33-14-6-7-15-34(33)41-39(43-37)30-23-19-27(20-24-30)26-17-21-29(22-18-26)36-31-12-4-5-13-32(31)38-40(44-36)45-25-9-8-16-35(45)42-38/h1-29H;1-25H. The third kappa shape index (κ3) is 10.0. The van der Waals surface area contributed by atoms with Crippen LogP contribution in [0, 0.1) is 0 Å². The Hall–Kier alpha value is -13.2. The Morgan fingerprint density at radius 3 is 0.958 bits per heavy atom. The molecule has 0 bridgehead atoms. The van der Waals surface area contributed by atoms with Gasteiger partial charge in [-0.1, -0.05) is 273 Å². The monoisotopic (exact) mass is 1230 g/mol. The van der Waals surface area contributed by atoms with Crippen LogP contribution in [0.3, 0.4) is 0 Å². The van der Waals surface area contributed by atoms with Gasteiger partial charge in [0.2, 0.25) is 0 Å². The van der Waals surface area contributed by atoms with Gasteiger partial charge in [-0.05, 0) is 75.8 Å². The Balaban J connectivity index is 0.000000141. The Bertz CT molecular complexity index is 6170. The third-order valence-electron chi connectivity index (χ3n) is 18.1. The quantitative estimate of drug-likeness (QED) is 0.140. The highest BCUT2D eigenvalue weighted by Gasteiger charge is 2.19. The minimum atomic E-state index is 0.705. The third-order valence-corrected chi connectivity index (χ3v) is 18.1. The fraction of sp³-hybridized carbons (Fsp3) is 0. The summed E-state index contributed by atoms with van der Waals surface area (Å²) in [6.45, 7) is 0. The number of rotatable bonds is 9. The molecule has 0 amide bonds. The molecule has 448 valence electrons. The highest BCUT2D eigenvalue weighted by Crippen LogP contribution is 2.39. The van der Waals surface area contributed by atoms with E-state index in [-0.39, 0.29) is 0 Å². The van der Waals surface area contributed by atoms with Crippen molar-refractivity contribution in [3.63, 3.8) is 0 Å². The topological polar surface area (TPSA) is 112 Å². The van der Waals surface area contributed by atoms with E-state index in [9.17, 15) is 0 Å². The minimum absolute atomic E-state index is 0.705. The van der Waals surface area contributed by atoms with E-state index in [1.54, 1.807) is 0 Å². The number of benzene rings is 11. The van der Waals surface area contributed by atoms with Crippen LogP contribution < -0.4 is 0 Å². The van der Waals surface area contributed by atoms with Crippen LogP contribution in [-0.2, 0) is 0 Å². The summed E-state index contributed by atoms with van der Waals surface area (Å²) in [5.41, 5.74) is 24.1. The van der Waals surface area contributed by atoms with E-state index < -0.39 is 0 Å². The summed E-state index contributed by atoms with van der Waals surface area (Å²) in [4.78, 5) is 40.2. The molecule has 96 heavy (non-hydrogen) atoms. The molecule has 11 aromatic carbocycles. The molecule has 0 saturated heterocycles. The van der Waals surface area contributed by atoms with Gasteiger partial charge in [0.1, 0.15) is 22.3 Å². The molecule has 0 N–H and O–H groups in total. The van der Waals surface area contributed by atoms with Crippen LogP contribution in [0.2, 0.25) is 0 Å². The van der Waals surface area contributed by atoms with Gasteiger partial charge in [0, 0.05) is 78.1 Å². The Kier molecular flexibility index (Phi) is 13.6. The van der Waals surface area contributed by atoms with Gasteiger partial charge in [-0.15, -0.1) is 0 Å². The molecule has 0 atom stereocenters. The molecule has 0 aliphatic heterocycles. The van der Waals surface area contributed by atoms with Gasteiger partial charge < -0.3 is 0 Å². The largest absolute Gasteiger partial charge is 0.284 e. The maximum Gasteiger partial charge on any atom is 0.165 e. The van der Waals surface area contributed by atoms with Gasteiger partial charge in [0.05, 0.1) is 33.8 Å². The molecule has 0 saturated carbocycles. The first-order chi connectivity index (χ1) is 47.6. The van der Waals surface area contributed by atoms with Crippen molar-refractivity contribution < 1.29 is 0 Å². The average Bonchev–Trinajstić information content (AvgIpc) is 1.58. The van der Waals surface area contributed by atoms with Gasteiger partial charge in [0.25, 0.3) is 0 Å². The lowest BCUT2D eigenvalue weighted by Gasteiger charge is -2.11. The highest BCUT2D eigenvalue weighted by molar-refractivity contribution is 6.11. The summed E-state index contributed by atoms with van der Waals surface area (Å²) in [5, 5.41) is 6.47. The molecule has 8 aromatic heterocycles. The normalized spacial score (nSPS) is 11.5. The summed E-state index contributed by atoms with van der Waals surface area (Å²) in [5.74, 6) is 1.42. The zero-order valence-electron chi connectivity index (χ0n) is 51.6. The number of para-hydroxylation sites is 2. The van der Waals surface area contributed by atoms with Gasteiger partial charge in [-0.3, -0.25) is 8.80 Å². The molecule has 0 aliphatic rings. The van der Waals surface area contributed by atoms with E-state index in [1.807, 2.05) is 103 Å². The summed E-state index contributed by atoms with van der Waals surface area (Å²) in [7, 11) is 0. The summed E-state index contributed by atoms with van der Waals surface area (Å²) < 4.78 is 4.12. The van der Waals surface area contributed by atoms with Crippen molar-refractivity contribution in [1.29, 1.82) is 0 Å². The second kappa shape index (κ2) is 23.5. The molecule has 0 spiro atoms. The second-order valence-corrected chi connectivity index (χ2v) is 23.9. The molecule has 0 unspecified atom stereocenters. The van der Waals surface area contributed by atoms with E-state index in [2.05, 4.69) is 233 Å². The van der Waals surface area contributed by atoms with E-state index in [0.29, 0.717) is 5.82 Å². The van der Waals surface area contributed by atoms with Crippen LogP contribution in [-0.4, -0.2) is 48.7 Å². The van der Waals surface area contributed by atoms with Gasteiger partial charge in [-0.25, -0.2) is 39.9 Å². The Morgan fingerprint density at radius 2 is 0.500 bits per heavy atom. The first-order valence-electron chi connectivity index (χ1n) is 32.1. The van der Waals surface area contributed by atoms with Crippen LogP contribution >= 0.6 is 0 Å². The van der Waals surface area contributed by atoms with Gasteiger partial charge in [-0.2, -0.15) is 0 Å². The van der Waals surface area contributed by atoms with E-state index in [4.69, 9.17) is 39.9 Å². The van der Waals surface area contributed by atoms with Crippen LogP contribution in [0.1, 0.15) is 0 Å². The zero-order valence-corrected chi connectivity index (χ0v) is 51.6. The predicted molar refractivity (Wildman–Crippen MR) is 391 cm³/mol. The van der Waals surface area contributed by atoms with Crippen LogP contribution in [0.4, 0.5) is 0 Å². The van der Waals surface area contributed by atoms with Crippen molar-refractivity contribution in [1.82, 2.24) is 48.7 Å². The number of aromatic nitrogens is 10. The lowest BCUT2D eigenvalue weighted by Crippen LogP contribution is -1.95. The number of imidazole rings is 2.